The summed E-state index contributed by atoms with van der Waals surface area (Å²) >= 11 is 0. The summed E-state index contributed by atoms with van der Waals surface area (Å²) in [6.45, 7) is 1.31. The van der Waals surface area contributed by atoms with E-state index in [-0.39, 0.29) is 12.5 Å². The van der Waals surface area contributed by atoms with Crippen LogP contribution >= 0.6 is 0 Å². The van der Waals surface area contributed by atoms with E-state index >= 15 is 0 Å². The van der Waals surface area contributed by atoms with Gasteiger partial charge in [0.2, 0.25) is 5.91 Å². The first-order valence-corrected chi connectivity index (χ1v) is 8.87. The van der Waals surface area contributed by atoms with Crippen LogP contribution in [0.1, 0.15) is 11.1 Å². The molecule has 1 N–H and O–H groups in total. The van der Waals surface area contributed by atoms with Crippen molar-refractivity contribution in [2.75, 3.05) is 42.0 Å². The molecule has 0 aromatic heterocycles. The lowest BCUT2D eigenvalue weighted by atomic mass is 10.2. The number of hydrogen-bond donors (Lipinski definition) is 1. The minimum Gasteiger partial charge on any atom is -0.493 e. The lowest BCUT2D eigenvalue weighted by molar-refractivity contribution is -0.122. The lowest BCUT2D eigenvalue weighted by Crippen LogP contribution is -2.34. The Balaban J connectivity index is 1.87. The Labute approximate surface area is 166 Å². The second kappa shape index (κ2) is 10.4. The number of methoxy groups -OCH3 is 4. The van der Waals surface area contributed by atoms with Crippen LogP contribution < -0.4 is 24.3 Å². The first kappa shape index (κ1) is 21.4. The fraction of sp³-hybridized carbons (Fsp3) is 0.381. The van der Waals surface area contributed by atoms with E-state index in [1.54, 1.807) is 28.4 Å². The topological polar surface area (TPSA) is 69.3 Å². The molecule has 0 aliphatic heterocycles. The number of carbonyl (C=O) groups excluding carboxylic acids is 1. The number of amides is 1. The van der Waals surface area contributed by atoms with Crippen molar-refractivity contribution in [3.63, 3.8) is 0 Å². The van der Waals surface area contributed by atoms with Crippen LogP contribution in [0.5, 0.6) is 23.0 Å². The number of hydrogen-bond acceptors (Lipinski definition) is 6. The van der Waals surface area contributed by atoms with Crippen LogP contribution in [-0.2, 0) is 17.9 Å². The van der Waals surface area contributed by atoms with Gasteiger partial charge in [-0.2, -0.15) is 0 Å². The molecule has 0 aliphatic carbocycles. The molecule has 0 atom stereocenters. The standard InChI is InChI=1S/C21H28N2O5/c1-23(13-16-7-9-18(26-3)20(11-16)28-5)14-21(24)22-12-15-6-8-17(25-2)19(10-15)27-4/h6-11H,12-14H2,1-5H3,(H,22,24). The summed E-state index contributed by atoms with van der Waals surface area (Å²) in [5, 5.41) is 2.92. The van der Waals surface area contributed by atoms with E-state index in [4.69, 9.17) is 18.9 Å². The normalized spacial score (nSPS) is 10.5. The van der Waals surface area contributed by atoms with Gasteiger partial charge in [-0.05, 0) is 42.4 Å². The highest BCUT2D eigenvalue weighted by molar-refractivity contribution is 5.78. The largest absolute Gasteiger partial charge is 0.493 e. The fourth-order valence-electron chi connectivity index (χ4n) is 2.84. The Bertz CT molecular complexity index is 794. The second-order valence-corrected chi connectivity index (χ2v) is 6.33. The van der Waals surface area contributed by atoms with Crippen LogP contribution in [0.3, 0.4) is 0 Å². The molecule has 2 aromatic rings. The monoisotopic (exact) mass is 388 g/mol. The van der Waals surface area contributed by atoms with E-state index in [0.29, 0.717) is 36.1 Å². The number of carbonyl (C=O) groups is 1. The van der Waals surface area contributed by atoms with Crippen LogP contribution in [0, 0.1) is 0 Å². The molecular formula is C21H28N2O5. The maximum Gasteiger partial charge on any atom is 0.234 e. The van der Waals surface area contributed by atoms with Gasteiger partial charge in [0.25, 0.3) is 0 Å². The fourth-order valence-corrected chi connectivity index (χ4v) is 2.84. The minimum atomic E-state index is -0.0576. The molecule has 0 saturated heterocycles. The molecule has 0 bridgehead atoms. The Morgan fingerprint density at radius 3 is 1.86 bits per heavy atom. The van der Waals surface area contributed by atoms with E-state index in [0.717, 1.165) is 11.1 Å². The highest BCUT2D eigenvalue weighted by atomic mass is 16.5. The van der Waals surface area contributed by atoms with Crippen molar-refractivity contribution in [3.05, 3.63) is 47.5 Å². The number of benzene rings is 2. The number of rotatable bonds is 10. The van der Waals surface area contributed by atoms with Crippen molar-refractivity contribution in [1.82, 2.24) is 10.2 Å². The Morgan fingerprint density at radius 1 is 0.821 bits per heavy atom. The maximum atomic E-state index is 12.3. The zero-order valence-corrected chi connectivity index (χ0v) is 17.1. The molecule has 2 rings (SSSR count). The van der Waals surface area contributed by atoms with Crippen LogP contribution in [0.2, 0.25) is 0 Å². The Hall–Kier alpha value is -2.93. The number of nitrogens with one attached hydrogen (secondary N) is 1. The van der Waals surface area contributed by atoms with Gasteiger partial charge < -0.3 is 24.3 Å². The van der Waals surface area contributed by atoms with Gasteiger partial charge in [0.05, 0.1) is 35.0 Å². The van der Waals surface area contributed by atoms with E-state index in [1.807, 2.05) is 48.3 Å². The van der Waals surface area contributed by atoms with Gasteiger partial charge >= 0.3 is 0 Å². The highest BCUT2D eigenvalue weighted by Gasteiger charge is 2.11. The molecular weight excluding hydrogens is 360 g/mol. The van der Waals surface area contributed by atoms with E-state index in [2.05, 4.69) is 5.32 Å². The van der Waals surface area contributed by atoms with Crippen molar-refractivity contribution in [2.24, 2.45) is 0 Å². The summed E-state index contributed by atoms with van der Waals surface area (Å²) in [7, 11) is 8.28. The van der Waals surface area contributed by atoms with Gasteiger partial charge in [0.1, 0.15) is 0 Å². The van der Waals surface area contributed by atoms with E-state index in [1.165, 1.54) is 0 Å². The predicted molar refractivity (Wildman–Crippen MR) is 107 cm³/mol. The molecule has 2 aromatic carbocycles. The van der Waals surface area contributed by atoms with E-state index < -0.39 is 0 Å². The molecule has 0 aliphatic rings. The van der Waals surface area contributed by atoms with E-state index in [9.17, 15) is 4.79 Å². The smallest absolute Gasteiger partial charge is 0.234 e. The SMILES string of the molecule is COc1ccc(CNC(=O)CN(C)Cc2ccc(OC)c(OC)c2)cc1OC. The molecule has 0 fully saturated rings. The van der Waals surface area contributed by atoms with Crippen LogP contribution in [0.15, 0.2) is 36.4 Å². The molecule has 0 saturated carbocycles. The summed E-state index contributed by atoms with van der Waals surface area (Å²) < 4.78 is 21.1. The van der Waals surface area contributed by atoms with Crippen molar-refractivity contribution < 1.29 is 23.7 Å². The van der Waals surface area contributed by atoms with Gasteiger partial charge in [-0.25, -0.2) is 0 Å². The third kappa shape index (κ3) is 5.79. The molecule has 152 valence electrons. The minimum absolute atomic E-state index is 0.0576. The zero-order valence-electron chi connectivity index (χ0n) is 17.1. The van der Waals surface area contributed by atoms with Gasteiger partial charge in [-0.15, -0.1) is 0 Å². The molecule has 0 radical (unpaired) electrons. The quantitative estimate of drug-likeness (QED) is 0.674. The molecule has 1 amide bonds. The molecule has 28 heavy (non-hydrogen) atoms. The third-order valence-corrected chi connectivity index (χ3v) is 4.25. The number of ether oxygens (including phenoxy) is 4. The lowest BCUT2D eigenvalue weighted by Gasteiger charge is -2.17. The average molecular weight is 388 g/mol. The molecule has 0 unspecified atom stereocenters. The number of likely N-dealkylation sites (N-methyl/N-ethyl adjacent to an activating group) is 1. The van der Waals surface area contributed by atoms with Crippen molar-refractivity contribution >= 4 is 5.91 Å². The maximum absolute atomic E-state index is 12.3. The van der Waals surface area contributed by atoms with Crippen LogP contribution in [0.4, 0.5) is 0 Å². The van der Waals surface area contributed by atoms with Crippen LogP contribution in [-0.4, -0.2) is 52.8 Å². The molecule has 0 spiro atoms. The van der Waals surface area contributed by atoms with Crippen LogP contribution in [0.25, 0.3) is 0 Å². The van der Waals surface area contributed by atoms with Crippen molar-refractivity contribution in [2.45, 2.75) is 13.1 Å². The van der Waals surface area contributed by atoms with Gasteiger partial charge in [0.15, 0.2) is 23.0 Å². The Morgan fingerprint density at radius 2 is 1.32 bits per heavy atom. The molecule has 7 heteroatoms. The van der Waals surface area contributed by atoms with Crippen molar-refractivity contribution in [3.8, 4) is 23.0 Å². The summed E-state index contributed by atoms with van der Waals surface area (Å²) in [6.07, 6.45) is 0. The number of nitrogens with zero attached hydrogens (tertiary/aromatic N) is 1. The average Bonchev–Trinajstić information content (AvgIpc) is 2.71. The Kier molecular flexibility index (Phi) is 7.95. The second-order valence-electron chi connectivity index (χ2n) is 6.33. The molecule has 7 nitrogen and oxygen atoms in total. The summed E-state index contributed by atoms with van der Waals surface area (Å²) in [5.74, 6) is 2.60. The zero-order chi connectivity index (χ0) is 20.5. The summed E-state index contributed by atoms with van der Waals surface area (Å²) in [5.41, 5.74) is 1.97. The first-order chi connectivity index (χ1) is 13.5. The summed E-state index contributed by atoms with van der Waals surface area (Å²) in [6, 6.07) is 11.3. The van der Waals surface area contributed by atoms with Gasteiger partial charge in [-0.1, -0.05) is 12.1 Å². The van der Waals surface area contributed by atoms with Gasteiger partial charge in [-0.3, -0.25) is 9.69 Å². The molecule has 0 heterocycles. The first-order valence-electron chi connectivity index (χ1n) is 8.87. The predicted octanol–water partition coefficient (Wildman–Crippen LogP) is 2.47. The highest BCUT2D eigenvalue weighted by Crippen LogP contribution is 2.28. The third-order valence-electron chi connectivity index (χ3n) is 4.25. The van der Waals surface area contributed by atoms with Crippen molar-refractivity contribution in [1.29, 1.82) is 0 Å². The summed E-state index contributed by atoms with van der Waals surface area (Å²) in [4.78, 5) is 14.2. The van der Waals surface area contributed by atoms with Gasteiger partial charge in [0, 0.05) is 13.1 Å².